The van der Waals surface area contributed by atoms with Gasteiger partial charge in [0.15, 0.2) is 6.61 Å². The zero-order valence-electron chi connectivity index (χ0n) is 15.0. The third-order valence-corrected chi connectivity index (χ3v) is 3.90. The number of aryl methyl sites for hydroxylation is 1. The molecule has 0 spiro atoms. The summed E-state index contributed by atoms with van der Waals surface area (Å²) in [6.45, 7) is 3.78. The van der Waals surface area contributed by atoms with Crippen molar-refractivity contribution in [2.24, 2.45) is 0 Å². The Kier molecular flexibility index (Phi) is 7.68. The molecule has 144 valence electrons. The van der Waals surface area contributed by atoms with Crippen LogP contribution in [-0.4, -0.2) is 41.2 Å². The Balaban J connectivity index is 1.65. The summed E-state index contributed by atoms with van der Waals surface area (Å²) in [5, 5.41) is 13.8. The van der Waals surface area contributed by atoms with Gasteiger partial charge in [0, 0.05) is 12.1 Å². The van der Waals surface area contributed by atoms with E-state index in [9.17, 15) is 14.4 Å². The van der Waals surface area contributed by atoms with E-state index in [0.29, 0.717) is 23.2 Å². The van der Waals surface area contributed by atoms with Crippen LogP contribution in [0.25, 0.3) is 0 Å². The van der Waals surface area contributed by atoms with Crippen molar-refractivity contribution in [3.05, 3.63) is 29.3 Å². The van der Waals surface area contributed by atoms with Crippen molar-refractivity contribution < 1.29 is 23.9 Å². The predicted molar refractivity (Wildman–Crippen MR) is 99.7 cm³/mol. The molecular weight excluding hydrogens is 372 g/mol. The molecule has 0 atom stereocenters. The number of anilines is 2. The minimum atomic E-state index is -0.638. The number of ether oxygens (including phenoxy) is 2. The van der Waals surface area contributed by atoms with Crippen molar-refractivity contribution in [2.45, 2.75) is 26.7 Å². The average Bonchev–Trinajstić information content (AvgIpc) is 3.05. The molecule has 2 amide bonds. The molecule has 1 aromatic carbocycles. The van der Waals surface area contributed by atoms with Crippen molar-refractivity contribution in [1.29, 1.82) is 0 Å². The van der Waals surface area contributed by atoms with E-state index in [4.69, 9.17) is 9.47 Å². The molecule has 0 aliphatic heterocycles. The number of aromatic nitrogens is 2. The van der Waals surface area contributed by atoms with Gasteiger partial charge in [0.05, 0.1) is 13.0 Å². The highest BCUT2D eigenvalue weighted by molar-refractivity contribution is 7.15. The SMILES string of the molecule is CCOc1ccc(NC(=O)COC(=O)CCC(=O)Nc2nnc(C)s2)cc1. The lowest BCUT2D eigenvalue weighted by Crippen LogP contribution is -2.21. The van der Waals surface area contributed by atoms with E-state index >= 15 is 0 Å². The van der Waals surface area contributed by atoms with Crippen LogP contribution in [-0.2, 0) is 19.1 Å². The van der Waals surface area contributed by atoms with Crippen LogP contribution in [0.5, 0.6) is 5.75 Å². The molecule has 0 radical (unpaired) electrons. The largest absolute Gasteiger partial charge is 0.494 e. The summed E-state index contributed by atoms with van der Waals surface area (Å²) in [4.78, 5) is 35.2. The molecule has 1 aromatic heterocycles. The number of carbonyl (C=O) groups is 3. The van der Waals surface area contributed by atoms with Crippen LogP contribution in [0.15, 0.2) is 24.3 Å². The number of nitrogens with zero attached hydrogens (tertiary/aromatic N) is 2. The monoisotopic (exact) mass is 392 g/mol. The molecule has 2 rings (SSSR count). The molecule has 2 aromatic rings. The summed E-state index contributed by atoms with van der Waals surface area (Å²) in [7, 11) is 0. The average molecular weight is 392 g/mol. The molecule has 0 unspecified atom stereocenters. The van der Waals surface area contributed by atoms with Crippen LogP contribution < -0.4 is 15.4 Å². The van der Waals surface area contributed by atoms with Crippen LogP contribution >= 0.6 is 11.3 Å². The fourth-order valence-electron chi connectivity index (χ4n) is 1.96. The van der Waals surface area contributed by atoms with Gasteiger partial charge < -0.3 is 20.1 Å². The van der Waals surface area contributed by atoms with Crippen LogP contribution in [0, 0.1) is 6.92 Å². The Labute approximate surface area is 160 Å². The number of esters is 1. The van der Waals surface area contributed by atoms with E-state index in [1.807, 2.05) is 6.92 Å². The first-order valence-corrected chi connectivity index (χ1v) is 9.06. The van der Waals surface area contributed by atoms with E-state index < -0.39 is 18.5 Å². The minimum absolute atomic E-state index is 0.0715. The first-order chi connectivity index (χ1) is 13.0. The second kappa shape index (κ2) is 10.2. The fraction of sp³-hybridized carbons (Fsp3) is 0.353. The Hall–Kier alpha value is -3.01. The van der Waals surface area contributed by atoms with Crippen LogP contribution in [0.2, 0.25) is 0 Å². The summed E-state index contributed by atoms with van der Waals surface area (Å²) in [5.74, 6) is -0.785. The fourth-order valence-corrected chi connectivity index (χ4v) is 2.57. The van der Waals surface area contributed by atoms with E-state index in [1.54, 1.807) is 31.2 Å². The molecule has 0 bridgehead atoms. The van der Waals surface area contributed by atoms with Crippen molar-refractivity contribution in [3.63, 3.8) is 0 Å². The van der Waals surface area contributed by atoms with Gasteiger partial charge in [-0.15, -0.1) is 10.2 Å². The highest BCUT2D eigenvalue weighted by Gasteiger charge is 2.12. The molecule has 0 aliphatic carbocycles. The van der Waals surface area contributed by atoms with E-state index in [0.717, 1.165) is 5.01 Å². The smallest absolute Gasteiger partial charge is 0.306 e. The number of carbonyl (C=O) groups excluding carboxylic acids is 3. The second-order valence-corrected chi connectivity index (χ2v) is 6.52. The Bertz CT molecular complexity index is 791. The normalized spacial score (nSPS) is 10.1. The van der Waals surface area contributed by atoms with Gasteiger partial charge in [0.1, 0.15) is 10.8 Å². The van der Waals surface area contributed by atoms with Gasteiger partial charge in [-0.3, -0.25) is 14.4 Å². The molecule has 0 saturated carbocycles. The lowest BCUT2D eigenvalue weighted by atomic mass is 10.3. The molecular formula is C17H20N4O5S. The molecule has 10 heteroatoms. The van der Waals surface area contributed by atoms with Crippen LogP contribution in [0.4, 0.5) is 10.8 Å². The number of hydrogen-bond donors (Lipinski definition) is 2. The first-order valence-electron chi connectivity index (χ1n) is 8.24. The zero-order chi connectivity index (χ0) is 19.6. The highest BCUT2D eigenvalue weighted by Crippen LogP contribution is 2.16. The maximum atomic E-state index is 11.8. The van der Waals surface area contributed by atoms with Gasteiger partial charge in [-0.2, -0.15) is 0 Å². The Morgan fingerprint density at radius 1 is 1.04 bits per heavy atom. The topological polar surface area (TPSA) is 120 Å². The van der Waals surface area contributed by atoms with E-state index in [2.05, 4.69) is 20.8 Å². The summed E-state index contributed by atoms with van der Waals surface area (Å²) in [6.07, 6.45) is -0.210. The summed E-state index contributed by atoms with van der Waals surface area (Å²) in [6, 6.07) is 6.82. The van der Waals surface area contributed by atoms with Gasteiger partial charge in [-0.1, -0.05) is 11.3 Å². The zero-order valence-corrected chi connectivity index (χ0v) is 15.8. The van der Waals surface area contributed by atoms with Gasteiger partial charge in [-0.25, -0.2) is 0 Å². The summed E-state index contributed by atoms with van der Waals surface area (Å²) < 4.78 is 10.2. The van der Waals surface area contributed by atoms with Crippen molar-refractivity contribution in [1.82, 2.24) is 10.2 Å². The lowest BCUT2D eigenvalue weighted by molar-refractivity contribution is -0.147. The summed E-state index contributed by atoms with van der Waals surface area (Å²) >= 11 is 1.24. The highest BCUT2D eigenvalue weighted by atomic mass is 32.1. The minimum Gasteiger partial charge on any atom is -0.494 e. The molecule has 0 aliphatic rings. The lowest BCUT2D eigenvalue weighted by Gasteiger charge is -2.08. The molecule has 27 heavy (non-hydrogen) atoms. The molecule has 9 nitrogen and oxygen atoms in total. The van der Waals surface area contributed by atoms with Gasteiger partial charge in [-0.05, 0) is 38.1 Å². The quantitative estimate of drug-likeness (QED) is 0.627. The third-order valence-electron chi connectivity index (χ3n) is 3.14. The molecule has 1 heterocycles. The van der Waals surface area contributed by atoms with Gasteiger partial charge >= 0.3 is 5.97 Å². The molecule has 0 saturated heterocycles. The third kappa shape index (κ3) is 7.40. The maximum Gasteiger partial charge on any atom is 0.306 e. The van der Waals surface area contributed by atoms with E-state index in [-0.39, 0.29) is 18.7 Å². The molecule has 0 fully saturated rings. The van der Waals surface area contributed by atoms with Gasteiger partial charge in [0.2, 0.25) is 11.0 Å². The predicted octanol–water partition coefficient (Wildman–Crippen LogP) is 2.15. The number of benzene rings is 1. The Morgan fingerprint density at radius 2 is 1.78 bits per heavy atom. The number of amides is 2. The first kappa shape index (κ1) is 20.3. The number of nitrogens with one attached hydrogen (secondary N) is 2. The Morgan fingerprint density at radius 3 is 2.41 bits per heavy atom. The van der Waals surface area contributed by atoms with Crippen molar-refractivity contribution in [2.75, 3.05) is 23.8 Å². The van der Waals surface area contributed by atoms with E-state index in [1.165, 1.54) is 11.3 Å². The number of hydrogen-bond acceptors (Lipinski definition) is 8. The second-order valence-electron chi connectivity index (χ2n) is 5.34. The standard InChI is InChI=1S/C17H20N4O5S/c1-3-25-13-6-4-12(5-7-13)18-15(23)10-26-16(24)9-8-14(22)19-17-21-20-11(2)27-17/h4-7H,3,8-10H2,1-2H3,(H,18,23)(H,19,21,22). The molecule has 2 N–H and O–H groups in total. The number of rotatable bonds is 9. The van der Waals surface area contributed by atoms with Crippen molar-refractivity contribution >= 4 is 39.9 Å². The summed E-state index contributed by atoms with van der Waals surface area (Å²) in [5.41, 5.74) is 0.561. The van der Waals surface area contributed by atoms with Crippen molar-refractivity contribution in [3.8, 4) is 5.75 Å². The van der Waals surface area contributed by atoms with Crippen LogP contribution in [0.1, 0.15) is 24.8 Å². The van der Waals surface area contributed by atoms with Gasteiger partial charge in [0.25, 0.3) is 5.91 Å². The maximum absolute atomic E-state index is 11.8. The van der Waals surface area contributed by atoms with Crippen LogP contribution in [0.3, 0.4) is 0 Å².